The Hall–Kier alpha value is -1.13. The predicted octanol–water partition coefficient (Wildman–Crippen LogP) is 4.90. The van der Waals surface area contributed by atoms with Crippen molar-refractivity contribution >= 4 is 34.2 Å². The van der Waals surface area contributed by atoms with Crippen molar-refractivity contribution < 1.29 is 4.79 Å². The van der Waals surface area contributed by atoms with Crippen molar-refractivity contribution in [2.24, 2.45) is 5.92 Å². The molecule has 1 saturated heterocycles. The lowest BCUT2D eigenvalue weighted by Crippen LogP contribution is -2.27. The minimum absolute atomic E-state index is 0.0784. The number of allylic oxidation sites excluding steroid dienone is 1. The molecule has 1 heterocycles. The van der Waals surface area contributed by atoms with Crippen LogP contribution < -0.4 is 0 Å². The molecule has 0 unspecified atom stereocenters. The molecule has 1 aliphatic carbocycles. The highest BCUT2D eigenvalue weighted by Gasteiger charge is 2.31. The molecule has 1 amide bonds. The maximum absolute atomic E-state index is 12.5. The summed E-state index contributed by atoms with van der Waals surface area (Å²) in [7, 11) is 0. The molecule has 0 N–H and O–H groups in total. The summed E-state index contributed by atoms with van der Waals surface area (Å²) >= 11 is 6.85. The summed E-state index contributed by atoms with van der Waals surface area (Å²) in [6.07, 6.45) is 9.81. The van der Waals surface area contributed by atoms with Crippen molar-refractivity contribution in [3.05, 3.63) is 46.9 Å². The Balaban J connectivity index is 1.63. The Bertz CT molecular complexity index is 576. The van der Waals surface area contributed by atoms with Crippen LogP contribution in [0.1, 0.15) is 44.1 Å². The summed E-state index contributed by atoms with van der Waals surface area (Å²) in [5, 5.41) is 0. The minimum Gasteiger partial charge on any atom is -0.288 e. The zero-order valence-corrected chi connectivity index (χ0v) is 14.3. The Kier molecular flexibility index (Phi) is 5.32. The fourth-order valence-electron chi connectivity index (χ4n) is 3.14. The van der Waals surface area contributed by atoms with Crippen LogP contribution in [0.25, 0.3) is 0 Å². The summed E-state index contributed by atoms with van der Waals surface area (Å²) in [6.45, 7) is 0.576. The lowest BCUT2D eigenvalue weighted by Gasteiger charge is -2.19. The average molecular weight is 332 g/mol. The number of thiocarbonyl (C=S) groups is 1. The Morgan fingerprint density at radius 3 is 2.64 bits per heavy atom. The fraction of sp³-hybridized carbons (Fsp3) is 0.444. The second-order valence-electron chi connectivity index (χ2n) is 6.05. The van der Waals surface area contributed by atoms with E-state index in [4.69, 9.17) is 12.2 Å². The highest BCUT2D eigenvalue weighted by Crippen LogP contribution is 2.34. The Labute approximate surface area is 142 Å². The zero-order chi connectivity index (χ0) is 15.4. The van der Waals surface area contributed by atoms with Gasteiger partial charge in [0.1, 0.15) is 4.32 Å². The average Bonchev–Trinajstić information content (AvgIpc) is 2.82. The molecule has 2 fully saturated rings. The lowest BCUT2D eigenvalue weighted by molar-refractivity contribution is -0.122. The third-order valence-corrected chi connectivity index (χ3v) is 5.85. The van der Waals surface area contributed by atoms with Crippen LogP contribution in [0.3, 0.4) is 0 Å². The van der Waals surface area contributed by atoms with Crippen molar-refractivity contribution in [1.29, 1.82) is 0 Å². The molecule has 0 bridgehead atoms. The van der Waals surface area contributed by atoms with Crippen molar-refractivity contribution in [3.63, 3.8) is 0 Å². The molecule has 1 aliphatic heterocycles. The number of amides is 1. The number of carbonyl (C=O) groups is 1. The van der Waals surface area contributed by atoms with E-state index >= 15 is 0 Å². The van der Waals surface area contributed by atoms with Gasteiger partial charge in [0, 0.05) is 0 Å². The van der Waals surface area contributed by atoms with Gasteiger partial charge in [-0.25, -0.2) is 0 Å². The summed E-state index contributed by atoms with van der Waals surface area (Å²) in [5.74, 6) is 0.834. The second kappa shape index (κ2) is 7.42. The van der Waals surface area contributed by atoms with Crippen LogP contribution in [0, 0.1) is 5.92 Å². The van der Waals surface area contributed by atoms with E-state index in [1.165, 1.54) is 43.9 Å². The highest BCUT2D eigenvalue weighted by molar-refractivity contribution is 8.26. The van der Waals surface area contributed by atoms with E-state index < -0.39 is 0 Å². The van der Waals surface area contributed by atoms with Crippen molar-refractivity contribution in [2.75, 3.05) is 0 Å². The van der Waals surface area contributed by atoms with E-state index in [0.717, 1.165) is 22.8 Å². The van der Waals surface area contributed by atoms with Crippen LogP contribution in [-0.2, 0) is 11.3 Å². The summed E-state index contributed by atoms with van der Waals surface area (Å²) in [4.78, 5) is 15.1. The third-order valence-electron chi connectivity index (χ3n) is 4.42. The first-order chi connectivity index (χ1) is 10.7. The molecule has 116 valence electrons. The monoisotopic (exact) mass is 331 g/mol. The van der Waals surface area contributed by atoms with Crippen LogP contribution in [0.15, 0.2) is 41.3 Å². The van der Waals surface area contributed by atoms with E-state index in [0.29, 0.717) is 10.9 Å². The molecule has 0 atom stereocenters. The van der Waals surface area contributed by atoms with Crippen LogP contribution in [0.5, 0.6) is 0 Å². The number of hydrogen-bond donors (Lipinski definition) is 0. The van der Waals surface area contributed by atoms with Gasteiger partial charge in [0.2, 0.25) is 0 Å². The van der Waals surface area contributed by atoms with Gasteiger partial charge in [-0.2, -0.15) is 0 Å². The number of thioether (sulfide) groups is 1. The van der Waals surface area contributed by atoms with Gasteiger partial charge in [0.25, 0.3) is 5.91 Å². The summed E-state index contributed by atoms with van der Waals surface area (Å²) in [6, 6.07) is 10.0. The molecular weight excluding hydrogens is 310 g/mol. The van der Waals surface area contributed by atoms with Crippen LogP contribution in [-0.4, -0.2) is 15.1 Å². The first-order valence-corrected chi connectivity index (χ1v) is 9.24. The maximum Gasteiger partial charge on any atom is 0.266 e. The standard InChI is InChI=1S/C18H21NOS2/c20-17-16(12-11-14-7-3-1-4-8-14)22-18(21)19(17)13-15-9-5-2-6-10-15/h2,5-6,9-10,12,14H,1,3-4,7-8,11,13H2/b16-12-. The molecule has 2 nitrogen and oxygen atoms in total. The third kappa shape index (κ3) is 3.79. The van der Waals surface area contributed by atoms with E-state index in [9.17, 15) is 4.79 Å². The van der Waals surface area contributed by atoms with Gasteiger partial charge in [-0.05, 0) is 17.9 Å². The molecular formula is C18H21NOS2. The highest BCUT2D eigenvalue weighted by atomic mass is 32.2. The van der Waals surface area contributed by atoms with Crippen molar-refractivity contribution in [1.82, 2.24) is 4.90 Å². The smallest absolute Gasteiger partial charge is 0.266 e. The molecule has 2 aliphatic rings. The van der Waals surface area contributed by atoms with Gasteiger partial charge in [-0.1, -0.05) is 92.5 Å². The molecule has 22 heavy (non-hydrogen) atoms. The van der Waals surface area contributed by atoms with E-state index in [-0.39, 0.29) is 5.91 Å². The van der Waals surface area contributed by atoms with Gasteiger partial charge >= 0.3 is 0 Å². The van der Waals surface area contributed by atoms with Gasteiger partial charge in [0.05, 0.1) is 11.4 Å². The second-order valence-corrected chi connectivity index (χ2v) is 7.73. The molecule has 1 saturated carbocycles. The quantitative estimate of drug-likeness (QED) is 0.578. The van der Waals surface area contributed by atoms with Crippen molar-refractivity contribution in [2.45, 2.75) is 45.1 Å². The number of nitrogens with zero attached hydrogens (tertiary/aromatic N) is 1. The topological polar surface area (TPSA) is 20.3 Å². The minimum atomic E-state index is 0.0784. The number of hydrogen-bond acceptors (Lipinski definition) is 3. The van der Waals surface area contributed by atoms with Crippen LogP contribution in [0.2, 0.25) is 0 Å². The first kappa shape index (κ1) is 15.8. The van der Waals surface area contributed by atoms with Gasteiger partial charge in [-0.15, -0.1) is 0 Å². The molecule has 1 aromatic rings. The molecule has 3 rings (SSSR count). The van der Waals surface area contributed by atoms with Gasteiger partial charge in [0.15, 0.2) is 0 Å². The molecule has 0 radical (unpaired) electrons. The summed E-state index contributed by atoms with van der Waals surface area (Å²) < 4.78 is 0.684. The fourth-order valence-corrected chi connectivity index (χ4v) is 4.38. The lowest BCUT2D eigenvalue weighted by atomic mass is 9.87. The number of rotatable bonds is 4. The molecule has 1 aromatic carbocycles. The Morgan fingerprint density at radius 1 is 1.18 bits per heavy atom. The largest absolute Gasteiger partial charge is 0.288 e. The maximum atomic E-state index is 12.5. The van der Waals surface area contributed by atoms with E-state index in [1.807, 2.05) is 30.3 Å². The van der Waals surface area contributed by atoms with Gasteiger partial charge in [-0.3, -0.25) is 9.69 Å². The van der Waals surface area contributed by atoms with E-state index in [1.54, 1.807) is 4.90 Å². The van der Waals surface area contributed by atoms with Crippen molar-refractivity contribution in [3.8, 4) is 0 Å². The predicted molar refractivity (Wildman–Crippen MR) is 96.5 cm³/mol. The first-order valence-electron chi connectivity index (χ1n) is 8.02. The number of carbonyl (C=O) groups excluding carboxylic acids is 1. The molecule has 0 spiro atoms. The SMILES string of the molecule is O=C1/C(=C/CC2CCCCC2)SC(=S)N1Cc1ccccc1. The van der Waals surface area contributed by atoms with Gasteiger partial charge < -0.3 is 0 Å². The normalized spacial score (nSPS) is 21.8. The molecule has 4 heteroatoms. The number of benzene rings is 1. The van der Waals surface area contributed by atoms with Crippen LogP contribution >= 0.6 is 24.0 Å². The Morgan fingerprint density at radius 2 is 1.91 bits per heavy atom. The zero-order valence-electron chi connectivity index (χ0n) is 12.7. The van der Waals surface area contributed by atoms with Crippen LogP contribution in [0.4, 0.5) is 0 Å². The molecule has 0 aromatic heterocycles. The van der Waals surface area contributed by atoms with E-state index in [2.05, 4.69) is 6.08 Å². The summed E-state index contributed by atoms with van der Waals surface area (Å²) in [5.41, 5.74) is 1.12.